The van der Waals surface area contributed by atoms with Crippen LogP contribution in [-0.2, 0) is 12.6 Å². The minimum Gasteiger partial charge on any atom is -0.312 e. The lowest BCUT2D eigenvalue weighted by Gasteiger charge is -2.11. The number of nitrogens with one attached hydrogen (secondary N) is 1. The van der Waals surface area contributed by atoms with Crippen LogP contribution in [0.2, 0.25) is 0 Å². The number of amides is 1. The Morgan fingerprint density at radius 3 is 2.71 bits per heavy atom. The van der Waals surface area contributed by atoms with E-state index in [9.17, 15) is 18.0 Å². The smallest absolute Gasteiger partial charge is 0.312 e. The molecule has 0 aliphatic rings. The number of hydrogen-bond donors (Lipinski definition) is 1. The number of rotatable bonds is 3. The third-order valence-electron chi connectivity index (χ3n) is 2.74. The molecule has 4 nitrogen and oxygen atoms in total. The van der Waals surface area contributed by atoms with Gasteiger partial charge in [0, 0.05) is 12.4 Å². The monoisotopic (exact) mass is 315 g/mol. The Balaban J connectivity index is 2.31. The highest BCUT2D eigenvalue weighted by Crippen LogP contribution is 2.32. The molecule has 0 aromatic carbocycles. The van der Waals surface area contributed by atoms with Crippen molar-refractivity contribution in [3.05, 3.63) is 40.3 Å². The molecule has 0 aliphatic carbocycles. The van der Waals surface area contributed by atoms with Crippen molar-refractivity contribution < 1.29 is 18.0 Å². The summed E-state index contributed by atoms with van der Waals surface area (Å²) in [6, 6.07) is 1.05. The minimum absolute atomic E-state index is 0.455. The van der Waals surface area contributed by atoms with E-state index in [2.05, 4.69) is 15.3 Å². The summed E-state index contributed by atoms with van der Waals surface area (Å²) < 4.78 is 38.6. The molecular weight excluding hydrogens is 303 g/mol. The summed E-state index contributed by atoms with van der Waals surface area (Å²) in [6.07, 6.45) is -2.13. The van der Waals surface area contributed by atoms with Gasteiger partial charge in [0.1, 0.15) is 5.00 Å². The number of nitrogens with zero attached hydrogens (tertiary/aromatic N) is 2. The summed E-state index contributed by atoms with van der Waals surface area (Å²) in [7, 11) is 0. The number of anilines is 1. The number of thiazole rings is 1. The molecule has 21 heavy (non-hydrogen) atoms. The van der Waals surface area contributed by atoms with Crippen LogP contribution in [0.1, 0.15) is 33.5 Å². The second-order valence-corrected chi connectivity index (χ2v) is 5.33. The zero-order valence-electron chi connectivity index (χ0n) is 11.3. The van der Waals surface area contributed by atoms with Gasteiger partial charge in [-0.15, -0.1) is 11.3 Å². The van der Waals surface area contributed by atoms with Crippen molar-refractivity contribution in [3.8, 4) is 0 Å². The Kier molecular flexibility index (Phi) is 4.26. The fourth-order valence-electron chi connectivity index (χ4n) is 1.71. The van der Waals surface area contributed by atoms with E-state index in [-0.39, 0.29) is 0 Å². The fraction of sp³-hybridized carbons (Fsp3) is 0.308. The third kappa shape index (κ3) is 3.38. The van der Waals surface area contributed by atoms with Gasteiger partial charge in [-0.1, -0.05) is 6.92 Å². The maximum absolute atomic E-state index is 12.9. The van der Waals surface area contributed by atoms with Crippen LogP contribution in [0.4, 0.5) is 18.2 Å². The first kappa shape index (κ1) is 15.4. The SMILES string of the molecule is CCc1nc(C)c(NC(=O)c2ccncc2C(F)(F)F)s1. The van der Waals surface area contributed by atoms with E-state index in [4.69, 9.17) is 0 Å². The first-order valence-corrected chi connectivity index (χ1v) is 6.93. The molecule has 1 amide bonds. The zero-order chi connectivity index (χ0) is 15.6. The van der Waals surface area contributed by atoms with Gasteiger partial charge >= 0.3 is 6.18 Å². The van der Waals surface area contributed by atoms with Crippen molar-refractivity contribution in [1.29, 1.82) is 0 Å². The number of carbonyl (C=O) groups excluding carboxylic acids is 1. The second kappa shape index (κ2) is 5.80. The van der Waals surface area contributed by atoms with E-state index in [0.29, 0.717) is 23.3 Å². The van der Waals surface area contributed by atoms with Crippen LogP contribution in [0.3, 0.4) is 0 Å². The van der Waals surface area contributed by atoms with E-state index in [1.165, 1.54) is 11.3 Å². The first-order chi connectivity index (χ1) is 9.82. The van der Waals surface area contributed by atoms with E-state index in [1.807, 2.05) is 6.92 Å². The highest BCUT2D eigenvalue weighted by Gasteiger charge is 2.35. The molecule has 0 radical (unpaired) electrons. The standard InChI is InChI=1S/C13H12F3N3OS/c1-3-10-18-7(2)12(21-10)19-11(20)8-4-5-17-6-9(8)13(14,15)16/h4-6H,3H2,1-2H3,(H,19,20). The number of pyridine rings is 1. The van der Waals surface area contributed by atoms with Crippen molar-refractivity contribution in [2.24, 2.45) is 0 Å². The summed E-state index contributed by atoms with van der Waals surface area (Å²) in [4.78, 5) is 19.7. The maximum Gasteiger partial charge on any atom is 0.418 e. The van der Waals surface area contributed by atoms with Crippen LogP contribution >= 0.6 is 11.3 Å². The molecule has 0 saturated carbocycles. The van der Waals surface area contributed by atoms with Crippen LogP contribution < -0.4 is 5.32 Å². The Morgan fingerprint density at radius 1 is 1.43 bits per heavy atom. The third-order valence-corrected chi connectivity index (χ3v) is 3.96. The number of halogens is 3. The Labute approximate surface area is 123 Å². The van der Waals surface area contributed by atoms with Gasteiger partial charge in [0.15, 0.2) is 0 Å². The lowest BCUT2D eigenvalue weighted by molar-refractivity contribution is -0.138. The van der Waals surface area contributed by atoms with Gasteiger partial charge in [0.2, 0.25) is 0 Å². The average Bonchev–Trinajstić information content (AvgIpc) is 2.78. The number of aromatic nitrogens is 2. The van der Waals surface area contributed by atoms with Gasteiger partial charge in [-0.05, 0) is 19.4 Å². The highest BCUT2D eigenvalue weighted by atomic mass is 32.1. The molecule has 2 aromatic rings. The molecule has 0 spiro atoms. The topological polar surface area (TPSA) is 54.9 Å². The molecule has 2 aromatic heterocycles. The zero-order valence-corrected chi connectivity index (χ0v) is 12.1. The predicted molar refractivity (Wildman–Crippen MR) is 73.4 cm³/mol. The molecule has 0 unspecified atom stereocenters. The molecule has 8 heteroatoms. The van der Waals surface area contributed by atoms with Crippen LogP contribution in [0.25, 0.3) is 0 Å². The van der Waals surface area contributed by atoms with Gasteiger partial charge in [0.25, 0.3) is 5.91 Å². The number of carbonyl (C=O) groups is 1. The summed E-state index contributed by atoms with van der Waals surface area (Å²) in [5, 5.41) is 3.76. The molecule has 1 N–H and O–H groups in total. The fourth-order valence-corrected chi connectivity index (χ4v) is 2.61. The largest absolute Gasteiger partial charge is 0.418 e. The quantitative estimate of drug-likeness (QED) is 0.940. The summed E-state index contributed by atoms with van der Waals surface area (Å²) in [5.74, 6) is -0.820. The van der Waals surface area contributed by atoms with Crippen LogP contribution in [0.15, 0.2) is 18.5 Å². The van der Waals surface area contributed by atoms with E-state index >= 15 is 0 Å². The summed E-state index contributed by atoms with van der Waals surface area (Å²) in [6.45, 7) is 3.61. The Hall–Kier alpha value is -1.96. The Bertz CT molecular complexity index is 667. The molecule has 0 fully saturated rings. The molecule has 0 aliphatic heterocycles. The number of aryl methyl sites for hydroxylation is 2. The van der Waals surface area contributed by atoms with Crippen LogP contribution in [0.5, 0.6) is 0 Å². The first-order valence-electron chi connectivity index (χ1n) is 6.11. The average molecular weight is 315 g/mol. The van der Waals surface area contributed by atoms with E-state index in [0.717, 1.165) is 17.3 Å². The Morgan fingerprint density at radius 2 is 2.14 bits per heavy atom. The lowest BCUT2D eigenvalue weighted by atomic mass is 10.1. The van der Waals surface area contributed by atoms with Gasteiger partial charge in [-0.2, -0.15) is 13.2 Å². The number of hydrogen-bond acceptors (Lipinski definition) is 4. The minimum atomic E-state index is -4.63. The van der Waals surface area contributed by atoms with Gasteiger partial charge in [0.05, 0.1) is 21.8 Å². The molecule has 0 bridgehead atoms. The van der Waals surface area contributed by atoms with Gasteiger partial charge in [-0.25, -0.2) is 4.98 Å². The number of alkyl halides is 3. The molecule has 0 saturated heterocycles. The molecule has 112 valence electrons. The van der Waals surface area contributed by atoms with Crippen molar-refractivity contribution in [2.45, 2.75) is 26.4 Å². The van der Waals surface area contributed by atoms with Crippen molar-refractivity contribution in [3.63, 3.8) is 0 Å². The van der Waals surface area contributed by atoms with Crippen LogP contribution in [0, 0.1) is 6.92 Å². The summed E-state index contributed by atoms with van der Waals surface area (Å²) in [5.41, 5.74) is -0.920. The summed E-state index contributed by atoms with van der Waals surface area (Å²) >= 11 is 1.26. The lowest BCUT2D eigenvalue weighted by Crippen LogP contribution is -2.18. The molecular formula is C13H12F3N3OS. The highest BCUT2D eigenvalue weighted by molar-refractivity contribution is 7.16. The van der Waals surface area contributed by atoms with Gasteiger partial charge < -0.3 is 5.32 Å². The predicted octanol–water partition coefficient (Wildman–Crippen LogP) is 3.68. The van der Waals surface area contributed by atoms with Gasteiger partial charge in [-0.3, -0.25) is 9.78 Å². The van der Waals surface area contributed by atoms with Crippen molar-refractivity contribution >= 4 is 22.2 Å². The normalized spacial score (nSPS) is 11.5. The second-order valence-electron chi connectivity index (χ2n) is 4.25. The molecule has 2 heterocycles. The van der Waals surface area contributed by atoms with Crippen LogP contribution in [-0.4, -0.2) is 15.9 Å². The van der Waals surface area contributed by atoms with Crippen molar-refractivity contribution in [1.82, 2.24) is 9.97 Å². The maximum atomic E-state index is 12.9. The molecule has 0 atom stereocenters. The molecule has 2 rings (SSSR count). The van der Waals surface area contributed by atoms with E-state index in [1.54, 1.807) is 6.92 Å². The van der Waals surface area contributed by atoms with Crippen molar-refractivity contribution in [2.75, 3.05) is 5.32 Å². The van der Waals surface area contributed by atoms with E-state index < -0.39 is 23.2 Å².